The Morgan fingerprint density at radius 3 is 1.60 bits per heavy atom. The van der Waals surface area contributed by atoms with Crippen LogP contribution in [-0.4, -0.2) is 38.6 Å². The summed E-state index contributed by atoms with van der Waals surface area (Å²) in [4.78, 5) is 47.8. The van der Waals surface area contributed by atoms with Crippen LogP contribution in [0.4, 0.5) is 22.7 Å². The van der Waals surface area contributed by atoms with Gasteiger partial charge in [-0.25, -0.2) is 9.13 Å². The maximum atomic E-state index is 12.6. The molecule has 3 aromatic rings. The summed E-state index contributed by atoms with van der Waals surface area (Å²) in [5.74, 6) is -2.34. The Morgan fingerprint density at radius 2 is 1.20 bits per heavy atom. The van der Waals surface area contributed by atoms with Gasteiger partial charge in [0.05, 0.1) is 42.8 Å². The van der Waals surface area contributed by atoms with Gasteiger partial charge >= 0.3 is 0 Å². The fourth-order valence-electron chi connectivity index (χ4n) is 3.32. The van der Waals surface area contributed by atoms with Crippen LogP contribution in [-0.2, 0) is 32.3 Å². The van der Waals surface area contributed by atoms with E-state index in [2.05, 4.69) is 10.6 Å². The van der Waals surface area contributed by atoms with Crippen LogP contribution in [0.25, 0.3) is 0 Å². The number of amides is 4. The number of aromatic nitrogens is 2. The highest BCUT2D eigenvalue weighted by Gasteiger charge is 2.23. The fraction of sp³-hybridized carbons (Fsp3) is 0.174. The Kier molecular flexibility index (Phi) is 11.6. The Hall–Kier alpha value is -3.10. The van der Waals surface area contributed by atoms with Crippen molar-refractivity contribution in [2.45, 2.75) is 26.9 Å². The second-order valence-electron chi connectivity index (χ2n) is 8.10. The Balaban J connectivity index is 0.00000560. The molecule has 4 amide bonds. The molecule has 12 nitrogen and oxygen atoms in total. The van der Waals surface area contributed by atoms with E-state index in [-0.39, 0.29) is 68.3 Å². The molecule has 0 atom stereocenters. The number of benzene rings is 2. The number of carbonyl (C=O) groups is 4. The molecule has 4 N–H and O–H groups in total. The van der Waals surface area contributed by atoms with Gasteiger partial charge in [0, 0.05) is 13.8 Å². The van der Waals surface area contributed by atoms with Crippen LogP contribution in [0.15, 0.2) is 43.0 Å². The average molecular weight is 655 g/mol. The first-order valence-corrected chi connectivity index (χ1v) is 12.4. The maximum Gasteiger partial charge on any atom is 0.292 e. The second-order valence-corrected chi connectivity index (χ2v) is 9.73. The minimum atomic E-state index is -0.768. The van der Waals surface area contributed by atoms with Gasteiger partial charge in [-0.3, -0.25) is 29.6 Å². The third-order valence-corrected chi connectivity index (χ3v) is 6.19. The number of nitrogens with zero attached hydrogens (tertiary/aromatic N) is 4. The zero-order valence-corrected chi connectivity index (χ0v) is 24.4. The molecule has 17 heteroatoms. The van der Waals surface area contributed by atoms with Crippen molar-refractivity contribution in [1.82, 2.24) is 4.57 Å². The van der Waals surface area contributed by atoms with E-state index in [0.29, 0.717) is 10.1 Å². The normalized spacial score (nSPS) is 10.4. The zero-order chi connectivity index (χ0) is 29.0. The molecule has 0 saturated heterocycles. The molecular weight excluding hydrogens is 634 g/mol. The number of nitrogens with one attached hydrogen (secondary N) is 2. The van der Waals surface area contributed by atoms with Crippen LogP contribution < -0.4 is 37.7 Å². The molecule has 0 aliphatic rings. The number of hydroxylamine groups is 2. The van der Waals surface area contributed by atoms with Gasteiger partial charge in [0.15, 0.2) is 13.1 Å². The topological polar surface area (TPSA) is 148 Å². The van der Waals surface area contributed by atoms with Crippen molar-refractivity contribution in [3.8, 4) is 0 Å². The summed E-state index contributed by atoms with van der Waals surface area (Å²) >= 11 is 24.4. The van der Waals surface area contributed by atoms with Crippen LogP contribution >= 0.6 is 46.4 Å². The molecule has 0 radical (unpaired) electrons. The van der Waals surface area contributed by atoms with Crippen LogP contribution in [0.5, 0.6) is 0 Å². The number of imidazole rings is 1. The molecule has 40 heavy (non-hydrogen) atoms. The summed E-state index contributed by atoms with van der Waals surface area (Å²) in [7, 11) is 0. The molecule has 2 aromatic carbocycles. The number of hydrogen-bond acceptors (Lipinski definition) is 6. The lowest BCUT2D eigenvalue weighted by atomic mass is 10.2. The fourth-order valence-corrected chi connectivity index (χ4v) is 4.46. The molecular formula is C23H21Cl5N6O6. The number of anilines is 4. The van der Waals surface area contributed by atoms with Gasteiger partial charge in [0.25, 0.3) is 11.8 Å². The van der Waals surface area contributed by atoms with Crippen molar-refractivity contribution in [2.75, 3.05) is 20.8 Å². The van der Waals surface area contributed by atoms with Gasteiger partial charge in [-0.2, -0.15) is 10.1 Å². The lowest BCUT2D eigenvalue weighted by Crippen LogP contribution is -3.00. The highest BCUT2D eigenvalue weighted by Crippen LogP contribution is 2.36. The smallest absolute Gasteiger partial charge is 0.292 e. The van der Waals surface area contributed by atoms with Crippen molar-refractivity contribution < 1.29 is 46.6 Å². The third kappa shape index (κ3) is 8.21. The zero-order valence-electron chi connectivity index (χ0n) is 20.7. The van der Waals surface area contributed by atoms with Crippen molar-refractivity contribution in [1.29, 1.82) is 0 Å². The maximum absolute atomic E-state index is 12.6. The molecule has 214 valence electrons. The summed E-state index contributed by atoms with van der Waals surface area (Å²) in [6, 6.07) is 5.01. The van der Waals surface area contributed by atoms with E-state index in [1.807, 2.05) is 0 Å². The summed E-state index contributed by atoms with van der Waals surface area (Å²) in [5.41, 5.74) is 0.213. The van der Waals surface area contributed by atoms with E-state index in [1.54, 1.807) is 0 Å². The predicted molar refractivity (Wildman–Crippen MR) is 145 cm³/mol. The highest BCUT2D eigenvalue weighted by atomic mass is 35.5. The number of halogens is 5. The second kappa shape index (κ2) is 14.0. The first-order valence-electron chi connectivity index (χ1n) is 10.9. The minimum absolute atomic E-state index is 0. The summed E-state index contributed by atoms with van der Waals surface area (Å²) < 4.78 is 2.76. The molecule has 0 bridgehead atoms. The van der Waals surface area contributed by atoms with Gasteiger partial charge in [0.2, 0.25) is 18.1 Å². The lowest BCUT2D eigenvalue weighted by molar-refractivity contribution is -0.683. The summed E-state index contributed by atoms with van der Waals surface area (Å²) in [5, 5.41) is 26.4. The van der Waals surface area contributed by atoms with Gasteiger partial charge in [0.1, 0.15) is 12.4 Å². The number of carbonyl (C=O) groups excluding carboxylic acids is 4. The van der Waals surface area contributed by atoms with E-state index in [4.69, 9.17) is 46.4 Å². The number of rotatable bonds is 8. The molecule has 0 aliphatic carbocycles. The molecule has 0 aliphatic heterocycles. The molecule has 3 rings (SSSR count). The van der Waals surface area contributed by atoms with Crippen molar-refractivity contribution >= 4 is 92.8 Å². The van der Waals surface area contributed by atoms with E-state index in [9.17, 15) is 29.6 Å². The van der Waals surface area contributed by atoms with E-state index in [1.165, 1.54) is 66.0 Å². The van der Waals surface area contributed by atoms with Crippen LogP contribution in [0.3, 0.4) is 0 Å². The summed E-state index contributed by atoms with van der Waals surface area (Å²) in [6.45, 7) is 1.88. The Bertz CT molecular complexity index is 1310. The standard InChI is InChI=1S/C23H20Cl4N6O6.ClH/c1-12(34)28-22-16(24)5-14(6-17(22)25)32(38)20(36)9-30-3-4-31(11-30)10-21(37)33(39)15-7-18(26)23(19(27)8-15)29-13(2)35;/h3-8,11,38-39H,9-10H2,1-2H3,(H-,28,29,34,35);1H. The predicted octanol–water partition coefficient (Wildman–Crippen LogP) is 1.15. The molecule has 0 saturated carbocycles. The van der Waals surface area contributed by atoms with E-state index < -0.39 is 23.6 Å². The molecule has 0 fully saturated rings. The van der Waals surface area contributed by atoms with Crippen LogP contribution in [0.2, 0.25) is 20.1 Å². The quantitative estimate of drug-likeness (QED) is 0.163. The molecule has 0 unspecified atom stereocenters. The summed E-state index contributed by atoms with van der Waals surface area (Å²) in [6.07, 6.45) is 4.34. The highest BCUT2D eigenvalue weighted by molar-refractivity contribution is 6.41. The van der Waals surface area contributed by atoms with Crippen LogP contribution in [0, 0.1) is 0 Å². The van der Waals surface area contributed by atoms with Crippen molar-refractivity contribution in [3.63, 3.8) is 0 Å². The van der Waals surface area contributed by atoms with Crippen molar-refractivity contribution in [3.05, 3.63) is 63.1 Å². The van der Waals surface area contributed by atoms with E-state index in [0.717, 1.165) is 0 Å². The lowest BCUT2D eigenvalue weighted by Gasteiger charge is -2.17. The van der Waals surface area contributed by atoms with Crippen molar-refractivity contribution in [2.24, 2.45) is 0 Å². The first kappa shape index (κ1) is 33.1. The SMILES string of the molecule is CC(=O)Nc1c(Cl)cc(N(O)C(=O)Cn2cc[n+](CC(=O)N(O)c3cc(Cl)c(NC(C)=O)c(Cl)c3)c2)cc1Cl.[Cl-]. The van der Waals surface area contributed by atoms with E-state index >= 15 is 0 Å². The van der Waals surface area contributed by atoms with Gasteiger partial charge in [-0.05, 0) is 24.3 Å². The largest absolute Gasteiger partial charge is 1.00 e. The monoisotopic (exact) mass is 652 g/mol. The first-order chi connectivity index (χ1) is 18.3. The van der Waals surface area contributed by atoms with Gasteiger partial charge in [-0.1, -0.05) is 46.4 Å². The van der Waals surface area contributed by atoms with Gasteiger partial charge < -0.3 is 23.0 Å². The average Bonchev–Trinajstić information content (AvgIpc) is 3.28. The Morgan fingerprint density at radius 1 is 0.800 bits per heavy atom. The molecule has 1 aromatic heterocycles. The van der Waals surface area contributed by atoms with Crippen LogP contribution in [0.1, 0.15) is 13.8 Å². The molecule has 1 heterocycles. The van der Waals surface area contributed by atoms with Gasteiger partial charge in [-0.15, -0.1) is 0 Å². The third-order valence-electron chi connectivity index (χ3n) is 5.00. The Labute approximate surface area is 253 Å². The minimum Gasteiger partial charge on any atom is -1.00 e. The molecule has 0 spiro atoms. The number of hydrogen-bond donors (Lipinski definition) is 4.